The Balaban J connectivity index is 1.75. The van der Waals surface area contributed by atoms with Gasteiger partial charge in [0.25, 0.3) is 11.8 Å². The summed E-state index contributed by atoms with van der Waals surface area (Å²) in [5.41, 5.74) is 1.04. The zero-order valence-electron chi connectivity index (χ0n) is 17.5. The molecule has 0 bridgehead atoms. The maximum Gasteiger partial charge on any atom is 0.253 e. The van der Waals surface area contributed by atoms with E-state index in [4.69, 9.17) is 23.2 Å². The molecule has 9 heteroatoms. The maximum absolute atomic E-state index is 13.3. The van der Waals surface area contributed by atoms with Crippen molar-refractivity contribution in [2.24, 2.45) is 17.8 Å². The van der Waals surface area contributed by atoms with Crippen molar-refractivity contribution in [1.29, 1.82) is 0 Å². The predicted molar refractivity (Wildman–Crippen MR) is 116 cm³/mol. The van der Waals surface area contributed by atoms with E-state index in [-0.39, 0.29) is 30.5 Å². The number of alkyl halides is 2. The van der Waals surface area contributed by atoms with E-state index in [0.717, 1.165) is 4.90 Å². The molecule has 1 N–H and O–H groups in total. The molecule has 6 unspecified atom stereocenters. The number of hydrogen-bond donors (Lipinski definition) is 1. The highest BCUT2D eigenvalue weighted by atomic mass is 35.5. The maximum atomic E-state index is 13.3. The van der Waals surface area contributed by atoms with Crippen LogP contribution in [0.15, 0.2) is 35.9 Å². The number of carbonyl (C=O) groups excluding carboxylic acids is 4. The summed E-state index contributed by atoms with van der Waals surface area (Å²) in [4.78, 5) is 51.1. The average molecular weight is 477 g/mol. The van der Waals surface area contributed by atoms with Gasteiger partial charge in [0.05, 0.1) is 11.8 Å². The summed E-state index contributed by atoms with van der Waals surface area (Å²) in [5.74, 6) is -4.57. The van der Waals surface area contributed by atoms with Gasteiger partial charge in [-0.3, -0.25) is 29.0 Å². The van der Waals surface area contributed by atoms with Crippen LogP contribution >= 0.6 is 23.2 Å². The lowest BCUT2D eigenvalue weighted by Crippen LogP contribution is -2.60. The lowest BCUT2D eigenvalue weighted by Gasteiger charge is -2.50. The van der Waals surface area contributed by atoms with Crippen molar-refractivity contribution in [3.63, 3.8) is 0 Å². The van der Waals surface area contributed by atoms with Gasteiger partial charge in [0, 0.05) is 25.1 Å². The van der Waals surface area contributed by atoms with Crippen LogP contribution in [0.25, 0.3) is 0 Å². The van der Waals surface area contributed by atoms with Crippen LogP contribution in [0.2, 0.25) is 0 Å². The quantitative estimate of drug-likeness (QED) is 0.401. The van der Waals surface area contributed by atoms with E-state index in [9.17, 15) is 24.3 Å². The highest BCUT2D eigenvalue weighted by Crippen LogP contribution is 2.65. The van der Waals surface area contributed by atoms with E-state index in [1.165, 1.54) is 18.0 Å². The molecule has 7 nitrogen and oxygen atoms in total. The van der Waals surface area contributed by atoms with Crippen molar-refractivity contribution < 1.29 is 24.3 Å². The van der Waals surface area contributed by atoms with Gasteiger partial charge in [-0.1, -0.05) is 29.8 Å². The third kappa shape index (κ3) is 2.33. The molecule has 4 aliphatic rings. The standard InChI is InChI=1S/C23H22Cl2N2O5/c1-3-27-18(29)13-9-8-11-14(16(13)19(27)30)10-22(24)20(31)26(2)21(32)23(22,25)17(11)12-6-4-5-7-15(12)28/h4-8,13-14,16-17,28H,3,9-10H2,1-2H3. The molecular formula is C23H22Cl2N2O5. The van der Waals surface area contributed by atoms with E-state index >= 15 is 0 Å². The Kier molecular flexibility index (Phi) is 4.57. The third-order valence-corrected chi connectivity index (χ3v) is 9.08. The number of rotatable bonds is 2. The molecule has 168 valence electrons. The molecule has 0 radical (unpaired) electrons. The fourth-order valence-corrected chi connectivity index (χ4v) is 7.21. The van der Waals surface area contributed by atoms with Crippen LogP contribution in [0.5, 0.6) is 5.75 Å². The minimum Gasteiger partial charge on any atom is -0.508 e. The number of amides is 4. The van der Waals surface area contributed by atoms with Gasteiger partial charge in [-0.15, -0.1) is 23.2 Å². The Morgan fingerprint density at radius 1 is 1.06 bits per heavy atom. The molecule has 2 saturated heterocycles. The number of likely N-dealkylation sites (tertiary alicyclic amines) is 2. The Morgan fingerprint density at radius 2 is 1.75 bits per heavy atom. The fraction of sp³-hybridized carbons (Fsp3) is 0.478. The molecule has 2 aliphatic heterocycles. The van der Waals surface area contributed by atoms with E-state index in [1.807, 2.05) is 6.08 Å². The number of carbonyl (C=O) groups is 4. The Labute approximate surface area is 194 Å². The predicted octanol–water partition coefficient (Wildman–Crippen LogP) is 2.40. The van der Waals surface area contributed by atoms with Gasteiger partial charge in [-0.25, -0.2) is 0 Å². The molecule has 1 saturated carbocycles. The number of hydrogen-bond acceptors (Lipinski definition) is 5. The second-order valence-electron chi connectivity index (χ2n) is 8.98. The summed E-state index contributed by atoms with van der Waals surface area (Å²) in [6, 6.07) is 6.47. The van der Waals surface area contributed by atoms with Gasteiger partial charge >= 0.3 is 0 Å². The first-order valence-electron chi connectivity index (χ1n) is 10.6. The summed E-state index contributed by atoms with van der Waals surface area (Å²) in [5, 5.41) is 10.7. The zero-order valence-corrected chi connectivity index (χ0v) is 19.1. The minimum atomic E-state index is -1.87. The summed E-state index contributed by atoms with van der Waals surface area (Å²) >= 11 is 14.0. The number of nitrogens with zero attached hydrogens (tertiary/aromatic N) is 2. The third-order valence-electron chi connectivity index (χ3n) is 7.67. The molecule has 0 spiro atoms. The van der Waals surface area contributed by atoms with Gasteiger partial charge in [0.15, 0.2) is 9.75 Å². The zero-order chi connectivity index (χ0) is 23.2. The summed E-state index contributed by atoms with van der Waals surface area (Å²) < 4.78 is 0. The van der Waals surface area contributed by atoms with Crippen molar-refractivity contribution in [3.8, 4) is 5.75 Å². The van der Waals surface area contributed by atoms with Crippen LogP contribution in [0.1, 0.15) is 31.2 Å². The summed E-state index contributed by atoms with van der Waals surface area (Å²) in [6.45, 7) is 2.01. The van der Waals surface area contributed by atoms with E-state index in [2.05, 4.69) is 0 Å². The minimum absolute atomic E-state index is 0.0410. The first-order chi connectivity index (χ1) is 15.1. The monoisotopic (exact) mass is 476 g/mol. The van der Waals surface area contributed by atoms with Gasteiger partial charge in [-0.05, 0) is 31.7 Å². The molecule has 5 rings (SSSR count). The number of halogens is 2. The van der Waals surface area contributed by atoms with Crippen LogP contribution in [0, 0.1) is 17.8 Å². The average Bonchev–Trinajstić information content (AvgIpc) is 3.09. The molecule has 6 atom stereocenters. The number of benzene rings is 1. The normalized spacial score (nSPS) is 38.6. The summed E-state index contributed by atoms with van der Waals surface area (Å²) in [6.07, 6.45) is 2.13. The number of imide groups is 2. The number of allylic oxidation sites excluding steroid dienone is 2. The number of aromatic hydroxyl groups is 1. The fourth-order valence-electron chi connectivity index (χ4n) is 6.20. The van der Waals surface area contributed by atoms with Gasteiger partial charge < -0.3 is 5.11 Å². The first-order valence-corrected chi connectivity index (χ1v) is 11.4. The van der Waals surface area contributed by atoms with Crippen LogP contribution in [0.4, 0.5) is 0 Å². The first kappa shape index (κ1) is 21.5. The van der Waals surface area contributed by atoms with E-state index < -0.39 is 45.2 Å². The number of para-hydroxylation sites is 1. The van der Waals surface area contributed by atoms with Crippen LogP contribution in [0.3, 0.4) is 0 Å². The van der Waals surface area contributed by atoms with Crippen molar-refractivity contribution in [2.45, 2.75) is 35.4 Å². The molecule has 3 fully saturated rings. The molecule has 2 heterocycles. The molecular weight excluding hydrogens is 455 g/mol. The molecule has 1 aromatic rings. The van der Waals surface area contributed by atoms with E-state index in [1.54, 1.807) is 25.1 Å². The number of phenolic OH excluding ortho intramolecular Hbond substituents is 1. The van der Waals surface area contributed by atoms with Crippen molar-refractivity contribution in [1.82, 2.24) is 9.80 Å². The van der Waals surface area contributed by atoms with Crippen LogP contribution in [-0.4, -0.2) is 61.9 Å². The second-order valence-corrected chi connectivity index (χ2v) is 10.2. The highest BCUT2D eigenvalue weighted by Gasteiger charge is 2.76. The van der Waals surface area contributed by atoms with Gasteiger partial charge in [0.1, 0.15) is 5.75 Å². The lowest BCUT2D eigenvalue weighted by atomic mass is 9.56. The number of phenols is 1. The van der Waals surface area contributed by atoms with Gasteiger partial charge in [-0.2, -0.15) is 0 Å². The van der Waals surface area contributed by atoms with Crippen molar-refractivity contribution in [3.05, 3.63) is 41.5 Å². The highest BCUT2D eigenvalue weighted by molar-refractivity contribution is 6.53. The van der Waals surface area contributed by atoms with E-state index in [0.29, 0.717) is 17.6 Å². The van der Waals surface area contributed by atoms with Crippen LogP contribution in [-0.2, 0) is 19.2 Å². The molecule has 1 aromatic carbocycles. The molecule has 4 amide bonds. The van der Waals surface area contributed by atoms with Crippen molar-refractivity contribution >= 4 is 46.8 Å². The Hall–Kier alpha value is -2.38. The Bertz CT molecular complexity index is 1120. The molecule has 0 aromatic heterocycles. The molecule has 2 aliphatic carbocycles. The Morgan fingerprint density at radius 3 is 2.41 bits per heavy atom. The SMILES string of the molecule is CCN1C(=O)C2CC=C3C(CC4(Cl)C(=O)N(C)C(=O)C4(Cl)C3c3ccccc3O)C2C1=O. The lowest BCUT2D eigenvalue weighted by molar-refractivity contribution is -0.141. The molecule has 32 heavy (non-hydrogen) atoms. The number of fused-ring (bicyclic) bond motifs is 4. The largest absolute Gasteiger partial charge is 0.508 e. The van der Waals surface area contributed by atoms with Crippen molar-refractivity contribution in [2.75, 3.05) is 13.6 Å². The topological polar surface area (TPSA) is 95.0 Å². The summed E-state index contributed by atoms with van der Waals surface area (Å²) in [7, 11) is 1.34. The second kappa shape index (κ2) is 6.81. The van der Waals surface area contributed by atoms with Gasteiger partial charge in [0.2, 0.25) is 11.8 Å². The van der Waals surface area contributed by atoms with Crippen LogP contribution < -0.4 is 0 Å². The smallest absolute Gasteiger partial charge is 0.253 e.